The van der Waals surface area contributed by atoms with E-state index in [1.165, 1.54) is 31.5 Å². The normalized spacial score (nSPS) is 28.4. The van der Waals surface area contributed by atoms with Crippen molar-refractivity contribution in [3.8, 4) is 0 Å². The number of ketones is 1. The van der Waals surface area contributed by atoms with Crippen molar-refractivity contribution >= 4 is 18.2 Å². The second-order valence-electron chi connectivity index (χ2n) is 8.29. The van der Waals surface area contributed by atoms with Gasteiger partial charge in [0.1, 0.15) is 5.82 Å². The Morgan fingerprint density at radius 3 is 2.54 bits per heavy atom. The maximum Gasteiger partial charge on any atom is 0.162 e. The van der Waals surface area contributed by atoms with Gasteiger partial charge < -0.3 is 4.90 Å². The minimum absolute atomic E-state index is 0. The van der Waals surface area contributed by atoms with Crippen molar-refractivity contribution < 1.29 is 9.18 Å². The minimum atomic E-state index is -0.291. The van der Waals surface area contributed by atoms with E-state index in [-0.39, 0.29) is 24.0 Å². The third-order valence-electron chi connectivity index (χ3n) is 6.72. The zero-order chi connectivity index (χ0) is 16.7. The van der Waals surface area contributed by atoms with Gasteiger partial charge in [-0.1, -0.05) is 20.8 Å². The van der Waals surface area contributed by atoms with E-state index in [0.717, 1.165) is 25.4 Å². The van der Waals surface area contributed by atoms with E-state index in [4.69, 9.17) is 0 Å². The summed E-state index contributed by atoms with van der Waals surface area (Å²) in [6.07, 6.45) is 4.11. The molecule has 1 heterocycles. The number of Topliss-reactive ketones (excluding diaryl/α,β-unsaturated/α-hetero) is 1. The van der Waals surface area contributed by atoms with Crippen molar-refractivity contribution in [1.29, 1.82) is 0 Å². The molecule has 1 aromatic carbocycles. The Labute approximate surface area is 151 Å². The van der Waals surface area contributed by atoms with Crippen LogP contribution in [0.3, 0.4) is 0 Å². The molecule has 1 saturated heterocycles. The van der Waals surface area contributed by atoms with Crippen molar-refractivity contribution in [2.45, 2.75) is 46.5 Å². The lowest BCUT2D eigenvalue weighted by molar-refractivity contribution is -0.0178. The Morgan fingerprint density at radius 2 is 1.92 bits per heavy atom. The zero-order valence-corrected chi connectivity index (χ0v) is 15.8. The average Bonchev–Trinajstić information content (AvgIpc) is 2.65. The van der Waals surface area contributed by atoms with Gasteiger partial charge in [0.15, 0.2) is 5.78 Å². The summed E-state index contributed by atoms with van der Waals surface area (Å²) in [5.74, 6) is 0.617. The van der Waals surface area contributed by atoms with Crippen molar-refractivity contribution in [2.75, 3.05) is 19.6 Å². The molecule has 2 aliphatic rings. The standard InChI is InChI=1S/C20H28FNO.ClH/c1-19(2)16-10-11-20(19,3)14-22(13-16)12-4-5-18(23)15-6-8-17(21)9-7-15;/h6-9,16H,4-5,10-14H2,1-3H3;1H. The molecule has 0 amide bonds. The predicted molar refractivity (Wildman–Crippen MR) is 98.3 cm³/mol. The van der Waals surface area contributed by atoms with Crippen molar-refractivity contribution in [2.24, 2.45) is 16.7 Å². The van der Waals surface area contributed by atoms with E-state index in [2.05, 4.69) is 25.7 Å². The van der Waals surface area contributed by atoms with E-state index < -0.39 is 0 Å². The molecule has 2 fully saturated rings. The molecule has 3 rings (SSSR count). The number of likely N-dealkylation sites (tertiary alicyclic amines) is 1. The number of hydrogen-bond donors (Lipinski definition) is 0. The molecule has 4 heteroatoms. The summed E-state index contributed by atoms with van der Waals surface area (Å²) in [7, 11) is 0. The van der Waals surface area contributed by atoms with Gasteiger partial charge in [0.25, 0.3) is 0 Å². The fourth-order valence-electron chi connectivity index (χ4n) is 4.55. The number of halogens is 2. The van der Waals surface area contributed by atoms with E-state index in [0.29, 0.717) is 22.8 Å². The molecule has 1 aliphatic heterocycles. The lowest BCUT2D eigenvalue weighted by Gasteiger charge is -2.50. The van der Waals surface area contributed by atoms with Gasteiger partial charge in [-0.3, -0.25) is 4.79 Å². The summed E-state index contributed by atoms with van der Waals surface area (Å²) >= 11 is 0. The first-order valence-corrected chi connectivity index (χ1v) is 8.83. The molecule has 1 aromatic rings. The van der Waals surface area contributed by atoms with E-state index in [9.17, 15) is 9.18 Å². The molecule has 1 saturated carbocycles. The number of piperidine rings is 1. The highest BCUT2D eigenvalue weighted by atomic mass is 35.5. The van der Waals surface area contributed by atoms with Crippen LogP contribution < -0.4 is 0 Å². The zero-order valence-electron chi connectivity index (χ0n) is 15.0. The fraction of sp³-hybridized carbons (Fsp3) is 0.650. The van der Waals surface area contributed by atoms with Crippen LogP contribution in [0.1, 0.15) is 56.8 Å². The van der Waals surface area contributed by atoms with Gasteiger partial charge in [-0.25, -0.2) is 4.39 Å². The molecular weight excluding hydrogens is 325 g/mol. The van der Waals surface area contributed by atoms with Crippen LogP contribution >= 0.6 is 12.4 Å². The Balaban J connectivity index is 0.00000208. The summed E-state index contributed by atoms with van der Waals surface area (Å²) in [6, 6.07) is 5.89. The predicted octanol–water partition coefficient (Wildman–Crippen LogP) is 4.97. The van der Waals surface area contributed by atoms with Gasteiger partial charge in [0.05, 0.1) is 0 Å². The molecule has 1 aliphatic carbocycles. The topological polar surface area (TPSA) is 20.3 Å². The second-order valence-corrected chi connectivity index (χ2v) is 8.29. The Morgan fingerprint density at radius 1 is 1.25 bits per heavy atom. The minimum Gasteiger partial charge on any atom is -0.302 e. The molecule has 0 spiro atoms. The van der Waals surface area contributed by atoms with Gasteiger partial charge in [-0.2, -0.15) is 0 Å². The van der Waals surface area contributed by atoms with Crippen LogP contribution in [-0.2, 0) is 0 Å². The van der Waals surface area contributed by atoms with Crippen LogP contribution in [0.5, 0.6) is 0 Å². The van der Waals surface area contributed by atoms with E-state index >= 15 is 0 Å². The molecule has 2 unspecified atom stereocenters. The SMILES string of the molecule is CC12CCC(CN(CCCC(=O)c3ccc(F)cc3)C1)C2(C)C.Cl. The Kier molecular flexibility index (Phi) is 5.76. The van der Waals surface area contributed by atoms with Crippen molar-refractivity contribution in [1.82, 2.24) is 4.90 Å². The molecule has 2 atom stereocenters. The first-order valence-electron chi connectivity index (χ1n) is 8.83. The highest BCUT2D eigenvalue weighted by molar-refractivity contribution is 5.95. The highest BCUT2D eigenvalue weighted by Crippen LogP contribution is 2.58. The third-order valence-corrected chi connectivity index (χ3v) is 6.72. The summed E-state index contributed by atoms with van der Waals surface area (Å²) < 4.78 is 12.9. The summed E-state index contributed by atoms with van der Waals surface area (Å²) in [5, 5.41) is 0. The van der Waals surface area contributed by atoms with Gasteiger partial charge >= 0.3 is 0 Å². The quantitative estimate of drug-likeness (QED) is 0.696. The Hall–Kier alpha value is -0.930. The van der Waals surface area contributed by atoms with Crippen LogP contribution in [0.4, 0.5) is 4.39 Å². The van der Waals surface area contributed by atoms with Crippen molar-refractivity contribution in [3.63, 3.8) is 0 Å². The highest BCUT2D eigenvalue weighted by Gasteiger charge is 2.55. The summed E-state index contributed by atoms with van der Waals surface area (Å²) in [5.41, 5.74) is 1.47. The maximum atomic E-state index is 12.9. The van der Waals surface area contributed by atoms with Crippen LogP contribution in [-0.4, -0.2) is 30.3 Å². The molecule has 0 radical (unpaired) electrons. The number of carbonyl (C=O) groups excluding carboxylic acids is 1. The van der Waals surface area contributed by atoms with Crippen LogP contribution in [0.15, 0.2) is 24.3 Å². The third kappa shape index (κ3) is 3.52. The number of rotatable bonds is 5. The van der Waals surface area contributed by atoms with Gasteiger partial charge in [-0.05, 0) is 66.8 Å². The number of hydrogen-bond acceptors (Lipinski definition) is 2. The number of benzene rings is 1. The van der Waals surface area contributed by atoms with Crippen LogP contribution in [0.2, 0.25) is 0 Å². The summed E-state index contributed by atoms with van der Waals surface area (Å²) in [4.78, 5) is 14.7. The maximum absolute atomic E-state index is 12.9. The molecule has 2 nitrogen and oxygen atoms in total. The lowest BCUT2D eigenvalue weighted by atomic mass is 9.63. The first kappa shape index (κ1) is 19.4. The smallest absolute Gasteiger partial charge is 0.162 e. The van der Waals surface area contributed by atoms with Gasteiger partial charge in [-0.15, -0.1) is 12.4 Å². The number of carbonyl (C=O) groups is 1. The van der Waals surface area contributed by atoms with Gasteiger partial charge in [0.2, 0.25) is 0 Å². The van der Waals surface area contributed by atoms with Crippen molar-refractivity contribution in [3.05, 3.63) is 35.6 Å². The van der Waals surface area contributed by atoms with Gasteiger partial charge in [0, 0.05) is 25.1 Å². The molecular formula is C20H29ClFNO. The molecule has 24 heavy (non-hydrogen) atoms. The Bertz CT molecular complexity index is 586. The molecule has 134 valence electrons. The number of nitrogens with zero attached hydrogens (tertiary/aromatic N) is 1. The lowest BCUT2D eigenvalue weighted by Crippen LogP contribution is -2.52. The largest absolute Gasteiger partial charge is 0.302 e. The average molecular weight is 354 g/mol. The number of fused-ring (bicyclic) bond motifs is 2. The summed E-state index contributed by atoms with van der Waals surface area (Å²) in [6.45, 7) is 10.6. The molecule has 0 aromatic heterocycles. The second kappa shape index (κ2) is 7.13. The molecule has 0 N–H and O–H groups in total. The monoisotopic (exact) mass is 353 g/mol. The van der Waals surface area contributed by atoms with E-state index in [1.807, 2.05) is 0 Å². The van der Waals surface area contributed by atoms with Crippen LogP contribution in [0, 0.1) is 22.6 Å². The fourth-order valence-corrected chi connectivity index (χ4v) is 4.55. The van der Waals surface area contributed by atoms with Crippen LogP contribution in [0.25, 0.3) is 0 Å². The van der Waals surface area contributed by atoms with E-state index in [1.54, 1.807) is 12.1 Å². The molecule has 2 bridgehead atoms. The first-order chi connectivity index (χ1) is 10.8.